The Balaban J connectivity index is 1.92. The van der Waals surface area contributed by atoms with Gasteiger partial charge in [0.05, 0.1) is 18.1 Å². The Hall–Kier alpha value is -0.970. The van der Waals surface area contributed by atoms with Gasteiger partial charge in [-0.3, -0.25) is 0 Å². The summed E-state index contributed by atoms with van der Waals surface area (Å²) in [4.78, 5) is 3.82. The second-order valence-corrected chi connectivity index (χ2v) is 6.01. The first-order chi connectivity index (χ1) is 9.31. The maximum absolute atomic E-state index is 10.6. The van der Waals surface area contributed by atoms with Crippen LogP contribution in [0.1, 0.15) is 6.92 Å². The van der Waals surface area contributed by atoms with Crippen LogP contribution in [-0.4, -0.2) is 68.5 Å². The largest absolute Gasteiger partial charge is 0.388 e. The molecule has 5 rings (SSSR count). The second kappa shape index (κ2) is 3.43. The van der Waals surface area contributed by atoms with Gasteiger partial charge in [-0.1, -0.05) is 6.92 Å². The van der Waals surface area contributed by atoms with Crippen LogP contribution in [0, 0.1) is 11.8 Å². The molecule has 4 heterocycles. The zero-order chi connectivity index (χ0) is 14.4. The Morgan fingerprint density at radius 1 is 1.25 bits per heavy atom. The lowest BCUT2D eigenvalue weighted by Crippen LogP contribution is -2.91. The van der Waals surface area contributed by atoms with Crippen molar-refractivity contribution >= 4 is 5.96 Å². The van der Waals surface area contributed by atoms with Crippen molar-refractivity contribution in [1.29, 1.82) is 0 Å². The quantitative estimate of drug-likeness (QED) is 0.267. The third-order valence-electron chi connectivity index (χ3n) is 5.09. The summed E-state index contributed by atoms with van der Waals surface area (Å²) in [6.45, 7) is 1.79. The van der Waals surface area contributed by atoms with E-state index >= 15 is 0 Å². The van der Waals surface area contributed by atoms with Gasteiger partial charge in [-0.05, 0) is 0 Å². The molecular weight excluding hydrogens is 270 g/mol. The van der Waals surface area contributed by atoms with Crippen LogP contribution in [0.3, 0.4) is 0 Å². The van der Waals surface area contributed by atoms with Crippen molar-refractivity contribution < 1.29 is 29.9 Å². The fourth-order valence-electron chi connectivity index (χ4n) is 4.21. The van der Waals surface area contributed by atoms with Gasteiger partial charge in [0.15, 0.2) is 18.3 Å². The normalized spacial score (nSPS) is 63.6. The van der Waals surface area contributed by atoms with Crippen LogP contribution in [0.2, 0.25) is 0 Å². The van der Waals surface area contributed by atoms with Gasteiger partial charge in [0.1, 0.15) is 11.6 Å². The number of rotatable bonds is 0. The number of aliphatic hydroxyl groups is 4. The highest BCUT2D eigenvalue weighted by Gasteiger charge is 2.78. The summed E-state index contributed by atoms with van der Waals surface area (Å²) < 4.78 is 10.7. The highest BCUT2D eigenvalue weighted by atomic mass is 16.8. The molecule has 0 aromatic carbocycles. The molecule has 20 heavy (non-hydrogen) atoms. The van der Waals surface area contributed by atoms with Crippen molar-refractivity contribution in [2.75, 3.05) is 0 Å². The first-order valence-corrected chi connectivity index (χ1v) is 6.55. The van der Waals surface area contributed by atoms with Gasteiger partial charge >= 0.3 is 5.97 Å². The van der Waals surface area contributed by atoms with Crippen molar-refractivity contribution in [3.63, 3.8) is 0 Å². The number of aliphatic hydroxyl groups excluding tert-OH is 3. The molecular formula is C11H17N3O6. The number of hydrogen-bond donors (Lipinski definition) is 6. The summed E-state index contributed by atoms with van der Waals surface area (Å²) in [6, 6.07) is 0. The van der Waals surface area contributed by atoms with E-state index in [0.29, 0.717) is 0 Å². The SMILES string of the molecule is CC1[C@H]2O[C@@]3(O)O[C@@H]1[C@@H]1[C@@H](O)N=C(N)N[C@]1([C@@H]2O)[C@@H]3O. The summed E-state index contributed by atoms with van der Waals surface area (Å²) in [5.74, 6) is -3.34. The van der Waals surface area contributed by atoms with E-state index in [2.05, 4.69) is 10.3 Å². The number of guanidine groups is 1. The van der Waals surface area contributed by atoms with Gasteiger partial charge in [0.2, 0.25) is 0 Å². The molecule has 1 saturated carbocycles. The fourth-order valence-corrected chi connectivity index (χ4v) is 4.21. The lowest BCUT2D eigenvalue weighted by Gasteiger charge is -2.69. The molecule has 9 nitrogen and oxygen atoms in total. The van der Waals surface area contributed by atoms with E-state index in [1.807, 2.05) is 0 Å². The Kier molecular flexibility index (Phi) is 2.19. The second-order valence-electron chi connectivity index (χ2n) is 6.01. The average molecular weight is 287 g/mol. The summed E-state index contributed by atoms with van der Waals surface area (Å²) >= 11 is 0. The topological polar surface area (TPSA) is 150 Å². The van der Waals surface area contributed by atoms with Gasteiger partial charge in [0, 0.05) is 5.92 Å². The first-order valence-electron chi connectivity index (χ1n) is 6.55. The van der Waals surface area contributed by atoms with Crippen LogP contribution in [0.5, 0.6) is 0 Å². The van der Waals surface area contributed by atoms with Gasteiger partial charge in [-0.2, -0.15) is 0 Å². The highest BCUT2D eigenvalue weighted by molar-refractivity contribution is 5.80. The number of aliphatic imine (C=N–C) groups is 1. The molecule has 7 N–H and O–H groups in total. The molecule has 0 aromatic heterocycles. The maximum atomic E-state index is 10.6. The van der Waals surface area contributed by atoms with E-state index in [9.17, 15) is 20.4 Å². The Morgan fingerprint density at radius 2 is 1.90 bits per heavy atom. The minimum atomic E-state index is -2.22. The zero-order valence-corrected chi connectivity index (χ0v) is 10.7. The smallest absolute Gasteiger partial charge is 0.311 e. The number of hydrogen-bond acceptors (Lipinski definition) is 9. The molecule has 1 aliphatic carbocycles. The average Bonchev–Trinajstić information content (AvgIpc) is 2.36. The van der Waals surface area contributed by atoms with E-state index in [4.69, 9.17) is 15.2 Å². The van der Waals surface area contributed by atoms with Gasteiger partial charge in [-0.15, -0.1) is 0 Å². The van der Waals surface area contributed by atoms with Crippen LogP contribution in [0.15, 0.2) is 4.99 Å². The minimum Gasteiger partial charge on any atom is -0.388 e. The van der Waals surface area contributed by atoms with Crippen molar-refractivity contribution in [3.8, 4) is 0 Å². The third kappa shape index (κ3) is 1.14. The van der Waals surface area contributed by atoms with Gasteiger partial charge < -0.3 is 41.0 Å². The summed E-state index contributed by atoms with van der Waals surface area (Å²) in [5, 5.41) is 44.2. The molecule has 5 aliphatic rings. The molecule has 0 aromatic rings. The van der Waals surface area contributed by atoms with Crippen LogP contribution in [-0.2, 0) is 9.47 Å². The molecule has 9 atom stereocenters. The van der Waals surface area contributed by atoms with E-state index in [-0.39, 0.29) is 11.9 Å². The van der Waals surface area contributed by atoms with Crippen molar-refractivity contribution in [2.24, 2.45) is 22.6 Å². The number of nitrogens with one attached hydrogen (secondary N) is 1. The molecule has 9 heteroatoms. The van der Waals surface area contributed by atoms with E-state index in [1.165, 1.54) is 0 Å². The molecule has 0 radical (unpaired) electrons. The van der Waals surface area contributed by atoms with Gasteiger partial charge in [0.25, 0.3) is 0 Å². The predicted molar refractivity (Wildman–Crippen MR) is 62.9 cm³/mol. The van der Waals surface area contributed by atoms with Crippen LogP contribution < -0.4 is 11.1 Å². The van der Waals surface area contributed by atoms with E-state index in [1.54, 1.807) is 6.92 Å². The Morgan fingerprint density at radius 3 is 2.60 bits per heavy atom. The third-order valence-corrected chi connectivity index (χ3v) is 5.09. The number of ether oxygens (including phenoxy) is 2. The zero-order valence-electron chi connectivity index (χ0n) is 10.7. The van der Waals surface area contributed by atoms with E-state index in [0.717, 1.165) is 0 Å². The van der Waals surface area contributed by atoms with Crippen LogP contribution >= 0.6 is 0 Å². The standard InChI is InChI=1S/C11H17N3O6/c1-2-4-3-7(16)13-9(12)14-10(3)6(15)5(2)20-11(18,19-4)8(10)17/h2-8,15-18H,1H3,(H3,12,13,14)/t2?,3-,4+,5-,6-,7-,8+,10-,11+/m1/s1. The number of nitrogens with zero attached hydrogens (tertiary/aromatic N) is 1. The van der Waals surface area contributed by atoms with Crippen LogP contribution in [0.4, 0.5) is 0 Å². The van der Waals surface area contributed by atoms with Gasteiger partial charge in [-0.25, -0.2) is 4.99 Å². The summed E-state index contributed by atoms with van der Waals surface area (Å²) in [5.41, 5.74) is 4.17. The minimum absolute atomic E-state index is 0.106. The summed E-state index contributed by atoms with van der Waals surface area (Å²) in [6.07, 6.45) is -5.37. The molecule has 1 spiro atoms. The number of nitrogens with two attached hydrogens (primary N) is 1. The molecule has 0 amide bonds. The van der Waals surface area contributed by atoms with E-state index < -0.39 is 48.1 Å². The molecule has 112 valence electrons. The predicted octanol–water partition coefficient (Wildman–Crippen LogP) is -3.61. The lowest BCUT2D eigenvalue weighted by atomic mass is 9.57. The Labute approximate surface area is 114 Å². The maximum Gasteiger partial charge on any atom is 0.311 e. The monoisotopic (exact) mass is 287 g/mol. The molecule has 4 aliphatic heterocycles. The highest BCUT2D eigenvalue weighted by Crippen LogP contribution is 2.57. The molecule has 3 saturated heterocycles. The molecule has 4 bridgehead atoms. The van der Waals surface area contributed by atoms with Crippen molar-refractivity contribution in [1.82, 2.24) is 5.32 Å². The first kappa shape index (κ1) is 12.7. The molecule has 4 fully saturated rings. The molecule has 1 unspecified atom stereocenters. The fraction of sp³-hybridized carbons (Fsp3) is 0.909. The van der Waals surface area contributed by atoms with Crippen molar-refractivity contribution in [2.45, 2.75) is 49.1 Å². The van der Waals surface area contributed by atoms with Crippen LogP contribution in [0.25, 0.3) is 0 Å². The lowest BCUT2D eigenvalue weighted by molar-refractivity contribution is -0.528. The van der Waals surface area contributed by atoms with Crippen molar-refractivity contribution in [3.05, 3.63) is 0 Å². The Bertz CT molecular complexity index is 503. The summed E-state index contributed by atoms with van der Waals surface area (Å²) in [7, 11) is 0.